The molecule has 0 unspecified atom stereocenters. The zero-order valence-corrected chi connectivity index (χ0v) is 31.8. The minimum absolute atomic E-state index is 0.240. The van der Waals surface area contributed by atoms with E-state index >= 15 is 0 Å². The summed E-state index contributed by atoms with van der Waals surface area (Å²) in [5.74, 6) is 1.32. The maximum Gasteiger partial charge on any atom is 0.328 e. The Bertz CT molecular complexity index is 2250. The quantitative estimate of drug-likeness (QED) is 0.218. The van der Waals surface area contributed by atoms with Gasteiger partial charge in [-0.05, 0) is 68.0 Å². The Balaban J connectivity index is 0.810. The normalized spacial score (nSPS) is 19.0. The molecule has 5 aromatic rings. The molecule has 17 heteroatoms. The molecule has 0 radical (unpaired) electrons. The van der Waals surface area contributed by atoms with E-state index < -0.39 is 6.03 Å². The van der Waals surface area contributed by atoms with Crippen LogP contribution in [0.4, 0.5) is 27.1 Å². The van der Waals surface area contributed by atoms with Crippen LogP contribution in [0.3, 0.4) is 0 Å². The Morgan fingerprint density at radius 1 is 0.893 bits per heavy atom. The maximum absolute atomic E-state index is 12.2. The number of piperazine rings is 1. The van der Waals surface area contributed by atoms with Gasteiger partial charge < -0.3 is 19.9 Å². The number of piperidine rings is 1. The van der Waals surface area contributed by atoms with Crippen molar-refractivity contribution in [2.24, 2.45) is 5.92 Å². The summed E-state index contributed by atoms with van der Waals surface area (Å²) < 4.78 is 7.45. The van der Waals surface area contributed by atoms with E-state index in [2.05, 4.69) is 57.7 Å². The number of pyridine rings is 2. The van der Waals surface area contributed by atoms with Gasteiger partial charge in [0.05, 0.1) is 46.1 Å². The predicted octanol–water partition coefficient (Wildman–Crippen LogP) is 4.26. The fourth-order valence-corrected chi connectivity index (χ4v) is 8.94. The first-order chi connectivity index (χ1) is 27.5. The average molecular weight is 774 g/mol. The first kappa shape index (κ1) is 36.0. The van der Waals surface area contributed by atoms with Crippen LogP contribution in [0.25, 0.3) is 27.5 Å². The van der Waals surface area contributed by atoms with Crippen molar-refractivity contribution in [2.45, 2.75) is 38.1 Å². The number of rotatable bonds is 9. The Hall–Kier alpha value is -5.70. The van der Waals surface area contributed by atoms with Crippen LogP contribution in [0.1, 0.15) is 37.7 Å². The van der Waals surface area contributed by atoms with Gasteiger partial charge in [-0.2, -0.15) is 10.4 Å². The van der Waals surface area contributed by atoms with E-state index in [-0.39, 0.29) is 11.9 Å². The largest absolute Gasteiger partial charge is 0.381 e. The van der Waals surface area contributed by atoms with Gasteiger partial charge in [0, 0.05) is 89.9 Å². The van der Waals surface area contributed by atoms with E-state index in [9.17, 15) is 14.9 Å². The third-order valence-corrected chi connectivity index (χ3v) is 12.2. The smallest absolute Gasteiger partial charge is 0.328 e. The third-order valence-electron chi connectivity index (χ3n) is 11.2. The van der Waals surface area contributed by atoms with E-state index in [4.69, 9.17) is 9.72 Å². The molecule has 4 aliphatic heterocycles. The Morgan fingerprint density at radius 2 is 1.73 bits per heavy atom. The van der Waals surface area contributed by atoms with Crippen LogP contribution < -0.4 is 25.3 Å². The van der Waals surface area contributed by atoms with Crippen LogP contribution in [0.5, 0.6) is 0 Å². The molecule has 16 nitrogen and oxygen atoms in total. The average Bonchev–Trinajstić information content (AvgIpc) is 3.90. The van der Waals surface area contributed by atoms with E-state index in [1.165, 1.54) is 0 Å². The number of nitrogens with one attached hydrogen (secondary N) is 2. The number of urea groups is 1. The van der Waals surface area contributed by atoms with Crippen LogP contribution in [0.2, 0.25) is 0 Å². The fraction of sp³-hybridized carbons (Fsp3) is 0.436. The van der Waals surface area contributed by atoms with Crippen LogP contribution in [-0.4, -0.2) is 118 Å². The molecule has 0 aliphatic carbocycles. The van der Waals surface area contributed by atoms with Gasteiger partial charge in [0.25, 0.3) is 0 Å². The molecular weight excluding hydrogens is 731 g/mol. The lowest BCUT2D eigenvalue weighted by Gasteiger charge is -2.39. The zero-order chi connectivity index (χ0) is 38.0. The first-order valence-electron chi connectivity index (χ1n) is 19.3. The lowest BCUT2D eigenvalue weighted by Crippen LogP contribution is -2.49. The number of aromatic nitrogens is 6. The monoisotopic (exact) mass is 773 g/mol. The SMILES string of the molecule is N#Cc1cnn2c(-c3cc(NC4CCOCC4)c(-c4nnc(N5CCN(CC6CCN(c7ccc(N8CCC(=O)NC8=O)cn7)CC6)CC5)s4)cn3)ccc2c1. The molecule has 2 N–H and O–H groups in total. The molecule has 4 saturated heterocycles. The second-order valence-corrected chi connectivity index (χ2v) is 15.8. The van der Waals surface area contributed by atoms with E-state index in [1.807, 2.05) is 41.0 Å². The van der Waals surface area contributed by atoms with Crippen molar-refractivity contribution in [2.75, 3.05) is 85.6 Å². The maximum atomic E-state index is 12.2. The predicted molar refractivity (Wildman–Crippen MR) is 213 cm³/mol. The van der Waals surface area contributed by atoms with Gasteiger partial charge in [-0.25, -0.2) is 14.3 Å². The highest BCUT2D eigenvalue weighted by Crippen LogP contribution is 2.37. The van der Waals surface area contributed by atoms with Crippen molar-refractivity contribution in [1.29, 1.82) is 5.26 Å². The highest BCUT2D eigenvalue weighted by molar-refractivity contribution is 7.18. The molecule has 9 heterocycles. The molecule has 288 valence electrons. The number of nitriles is 1. The van der Waals surface area contributed by atoms with Crippen molar-refractivity contribution in [3.05, 3.63) is 60.6 Å². The van der Waals surface area contributed by atoms with Gasteiger partial charge in [0.1, 0.15) is 11.9 Å². The molecule has 4 aliphatic rings. The summed E-state index contributed by atoms with van der Waals surface area (Å²) in [4.78, 5) is 42.1. The highest BCUT2D eigenvalue weighted by atomic mass is 32.1. The topological polar surface area (TPSA) is 173 Å². The van der Waals surface area contributed by atoms with Crippen molar-refractivity contribution >= 4 is 51.1 Å². The molecule has 0 bridgehead atoms. The van der Waals surface area contributed by atoms with Gasteiger partial charge in [0.15, 0.2) is 5.01 Å². The number of nitrogens with zero attached hydrogens (tertiary/aromatic N) is 11. The number of imide groups is 1. The lowest BCUT2D eigenvalue weighted by molar-refractivity contribution is -0.120. The van der Waals surface area contributed by atoms with Crippen LogP contribution in [0, 0.1) is 17.2 Å². The molecular formula is C39H43N13O3S. The highest BCUT2D eigenvalue weighted by Gasteiger charge is 2.28. The second kappa shape index (κ2) is 15.8. The molecule has 9 rings (SSSR count). The number of carbonyl (C=O) groups is 2. The van der Waals surface area contributed by atoms with Crippen LogP contribution in [0.15, 0.2) is 55.0 Å². The second-order valence-electron chi connectivity index (χ2n) is 14.8. The zero-order valence-electron chi connectivity index (χ0n) is 31.0. The third kappa shape index (κ3) is 7.59. The van der Waals surface area contributed by atoms with Crippen molar-refractivity contribution < 1.29 is 14.3 Å². The van der Waals surface area contributed by atoms with Crippen molar-refractivity contribution in [3.8, 4) is 28.0 Å². The molecule has 0 spiro atoms. The number of fused-ring (bicyclic) bond motifs is 1. The van der Waals surface area contributed by atoms with E-state index in [0.29, 0.717) is 30.1 Å². The minimum atomic E-state index is -0.392. The molecule has 0 aromatic carbocycles. The van der Waals surface area contributed by atoms with Gasteiger partial charge in [-0.3, -0.25) is 24.9 Å². The fourth-order valence-electron chi connectivity index (χ4n) is 8.02. The summed E-state index contributed by atoms with van der Waals surface area (Å²) in [6.45, 7) is 8.59. The van der Waals surface area contributed by atoms with Gasteiger partial charge in [-0.15, -0.1) is 10.2 Å². The Kier molecular flexibility index (Phi) is 10.2. The lowest BCUT2D eigenvalue weighted by atomic mass is 9.96. The van der Waals surface area contributed by atoms with Gasteiger partial charge >= 0.3 is 6.03 Å². The Labute approximate surface area is 328 Å². The number of hydrogen-bond acceptors (Lipinski definition) is 14. The van der Waals surface area contributed by atoms with Crippen LogP contribution >= 0.6 is 11.3 Å². The van der Waals surface area contributed by atoms with Crippen molar-refractivity contribution in [3.63, 3.8) is 0 Å². The van der Waals surface area contributed by atoms with Crippen molar-refractivity contribution in [1.82, 2.24) is 40.0 Å². The summed E-state index contributed by atoms with van der Waals surface area (Å²) in [6, 6.07) is 13.8. The number of anilines is 4. The summed E-state index contributed by atoms with van der Waals surface area (Å²) in [5.41, 5.74) is 5.57. The van der Waals surface area contributed by atoms with Gasteiger partial charge in [0.2, 0.25) is 11.0 Å². The first-order valence-corrected chi connectivity index (χ1v) is 20.2. The number of ether oxygens (including phenoxy) is 1. The van der Waals surface area contributed by atoms with Crippen LogP contribution in [-0.2, 0) is 9.53 Å². The standard InChI is InChI=1S/C39H43N13O3S/c40-21-27-19-29-1-3-34(52(29)43-22-27)33-20-32(44-28-8-17-55-18-9-28)31(24-41-33)37-46-47-39(56-37)50-15-13-48(14-16-50)25-26-5-10-49(11-6-26)35-4-2-30(23-42-35)51-12-7-36(53)45-38(51)54/h1-4,19-20,22-24,26,28H,5-18,25H2,(H,41,44)(H,45,53,54). The summed E-state index contributed by atoms with van der Waals surface area (Å²) >= 11 is 1.61. The molecule has 3 amide bonds. The van der Waals surface area contributed by atoms with E-state index in [1.54, 1.807) is 28.6 Å². The molecule has 4 fully saturated rings. The van der Waals surface area contributed by atoms with Gasteiger partial charge in [-0.1, -0.05) is 11.3 Å². The molecule has 5 aromatic heterocycles. The summed E-state index contributed by atoms with van der Waals surface area (Å²) in [6.07, 6.45) is 9.55. The number of hydrogen-bond donors (Lipinski definition) is 2. The molecule has 0 saturated carbocycles. The minimum Gasteiger partial charge on any atom is -0.381 e. The number of carbonyl (C=O) groups excluding carboxylic acids is 2. The Morgan fingerprint density at radius 3 is 2.50 bits per heavy atom. The molecule has 0 atom stereocenters. The van der Waals surface area contributed by atoms with E-state index in [0.717, 1.165) is 129 Å². The summed E-state index contributed by atoms with van der Waals surface area (Å²) in [5, 5.41) is 31.1. The number of amides is 3. The molecule has 56 heavy (non-hydrogen) atoms. The summed E-state index contributed by atoms with van der Waals surface area (Å²) in [7, 11) is 0.